The molecule has 17 aromatic rings. The Morgan fingerprint density at radius 1 is 0.221 bits per heavy atom. The molecular weight excluding hydrogens is 1160 g/mol. The molecule has 0 saturated carbocycles. The lowest BCUT2D eigenvalue weighted by Gasteiger charge is -2.27. The van der Waals surface area contributed by atoms with Gasteiger partial charge >= 0.3 is 0 Å². The van der Waals surface area contributed by atoms with Gasteiger partial charge in [0.05, 0.1) is 22.1 Å². The molecule has 17 rings (SSSR count). The van der Waals surface area contributed by atoms with Crippen LogP contribution < -0.4 is 9.80 Å². The van der Waals surface area contributed by atoms with Crippen molar-refractivity contribution < 1.29 is 13.3 Å². The molecular formula is C88H76N4O3. The van der Waals surface area contributed by atoms with Crippen LogP contribution in [0, 0.1) is 0 Å². The summed E-state index contributed by atoms with van der Waals surface area (Å²) in [6.45, 7) is 27.7. The Bertz CT molecular complexity index is 5530. The summed E-state index contributed by atoms with van der Waals surface area (Å²) in [7, 11) is 0. The number of fused-ring (bicyclic) bond motifs is 15. The van der Waals surface area contributed by atoms with Crippen LogP contribution in [0.1, 0.15) is 105 Å². The van der Waals surface area contributed by atoms with Crippen molar-refractivity contribution in [1.82, 2.24) is 9.13 Å². The molecule has 0 aliphatic heterocycles. The average Bonchev–Trinajstić information content (AvgIpc) is 1.61. The molecule has 12 aromatic carbocycles. The van der Waals surface area contributed by atoms with Gasteiger partial charge in [0, 0.05) is 124 Å². The molecule has 7 heteroatoms. The van der Waals surface area contributed by atoms with Crippen LogP contribution in [0.2, 0.25) is 0 Å². The van der Waals surface area contributed by atoms with Crippen LogP contribution in [-0.4, -0.2) is 9.13 Å². The highest BCUT2D eigenvalue weighted by molar-refractivity contribution is 6.20. The van der Waals surface area contributed by atoms with E-state index in [1.54, 1.807) is 0 Å². The third kappa shape index (κ3) is 9.60. The first-order valence-corrected chi connectivity index (χ1v) is 33.4. The van der Waals surface area contributed by atoms with Gasteiger partial charge < -0.3 is 32.2 Å². The van der Waals surface area contributed by atoms with E-state index in [4.69, 9.17) is 13.3 Å². The Morgan fingerprint density at radius 2 is 0.505 bits per heavy atom. The number of aromatic nitrogens is 2. The Balaban J connectivity index is 0.758. The van der Waals surface area contributed by atoms with Gasteiger partial charge in [-0.3, -0.25) is 0 Å². The van der Waals surface area contributed by atoms with Gasteiger partial charge in [0.2, 0.25) is 0 Å². The zero-order valence-electron chi connectivity index (χ0n) is 56.1. The normalized spacial score (nSPS) is 12.8. The van der Waals surface area contributed by atoms with Gasteiger partial charge in [0.1, 0.15) is 33.5 Å². The number of hydrogen-bond donors (Lipinski definition) is 0. The largest absolute Gasteiger partial charge is 0.456 e. The smallest absolute Gasteiger partial charge is 0.139 e. The Morgan fingerprint density at radius 3 is 0.853 bits per heavy atom. The quantitative estimate of drug-likeness (QED) is 0.152. The van der Waals surface area contributed by atoms with Crippen LogP contribution in [0.15, 0.2) is 256 Å². The number of hydrogen-bond acceptors (Lipinski definition) is 5. The van der Waals surface area contributed by atoms with Gasteiger partial charge in [-0.1, -0.05) is 180 Å². The van der Waals surface area contributed by atoms with E-state index in [0.29, 0.717) is 0 Å². The molecule has 0 N–H and O–H groups in total. The topological polar surface area (TPSA) is 55.8 Å². The van der Waals surface area contributed by atoms with Crippen LogP contribution in [0.3, 0.4) is 0 Å². The molecule has 95 heavy (non-hydrogen) atoms. The van der Waals surface area contributed by atoms with Crippen LogP contribution >= 0.6 is 0 Å². The highest BCUT2D eigenvalue weighted by Crippen LogP contribution is 2.48. The summed E-state index contributed by atoms with van der Waals surface area (Å²) in [4.78, 5) is 4.69. The van der Waals surface area contributed by atoms with Crippen molar-refractivity contribution in [3.63, 3.8) is 0 Å². The molecule has 0 bridgehead atoms. The Labute approximate surface area is 553 Å². The van der Waals surface area contributed by atoms with Crippen molar-refractivity contribution in [2.24, 2.45) is 0 Å². The van der Waals surface area contributed by atoms with E-state index < -0.39 is 0 Å². The van der Waals surface area contributed by atoms with E-state index >= 15 is 0 Å². The van der Waals surface area contributed by atoms with Gasteiger partial charge in [-0.15, -0.1) is 0 Å². The highest BCUT2D eigenvalue weighted by atomic mass is 16.3. The van der Waals surface area contributed by atoms with Crippen molar-refractivity contribution in [3.8, 4) is 11.4 Å². The lowest BCUT2D eigenvalue weighted by molar-refractivity contribution is 0.567. The predicted molar refractivity (Wildman–Crippen MR) is 401 cm³/mol. The van der Waals surface area contributed by atoms with Crippen LogP contribution in [0.25, 0.3) is 121 Å². The van der Waals surface area contributed by atoms with Crippen LogP contribution in [0.4, 0.5) is 34.1 Å². The number of para-hydroxylation sites is 4. The summed E-state index contributed by atoms with van der Waals surface area (Å²) in [5.41, 5.74) is 22.9. The summed E-state index contributed by atoms with van der Waals surface area (Å²) < 4.78 is 25.5. The molecule has 0 radical (unpaired) electrons. The van der Waals surface area contributed by atoms with Crippen molar-refractivity contribution >= 4 is 144 Å². The average molecular weight is 1240 g/mol. The van der Waals surface area contributed by atoms with Crippen molar-refractivity contribution in [3.05, 3.63) is 265 Å². The molecule has 0 atom stereocenters. The fourth-order valence-corrected chi connectivity index (χ4v) is 14.6. The van der Waals surface area contributed by atoms with Crippen molar-refractivity contribution in [1.29, 1.82) is 0 Å². The fraction of sp³-hybridized carbons (Fsp3) is 0.182. The lowest BCUT2D eigenvalue weighted by Crippen LogP contribution is -2.17. The first-order valence-electron chi connectivity index (χ1n) is 33.4. The van der Waals surface area contributed by atoms with E-state index in [0.717, 1.165) is 111 Å². The molecule has 0 aliphatic carbocycles. The van der Waals surface area contributed by atoms with Gasteiger partial charge in [-0.25, -0.2) is 0 Å². The van der Waals surface area contributed by atoms with Gasteiger partial charge in [-0.05, 0) is 165 Å². The zero-order chi connectivity index (χ0) is 65.2. The molecule has 0 amide bonds. The molecule has 0 spiro atoms. The fourth-order valence-electron chi connectivity index (χ4n) is 14.6. The Kier molecular flexibility index (Phi) is 12.8. The molecule has 5 aromatic heterocycles. The summed E-state index contributed by atoms with van der Waals surface area (Å²) >= 11 is 0. The van der Waals surface area contributed by atoms with E-state index in [-0.39, 0.29) is 21.7 Å². The first kappa shape index (κ1) is 58.1. The van der Waals surface area contributed by atoms with E-state index in [2.05, 4.69) is 345 Å². The van der Waals surface area contributed by atoms with Gasteiger partial charge in [0.15, 0.2) is 0 Å². The van der Waals surface area contributed by atoms with Crippen LogP contribution in [-0.2, 0) is 21.7 Å². The third-order valence-corrected chi connectivity index (χ3v) is 19.8. The van der Waals surface area contributed by atoms with Gasteiger partial charge in [-0.2, -0.15) is 0 Å². The zero-order valence-corrected chi connectivity index (χ0v) is 56.1. The summed E-state index contributed by atoms with van der Waals surface area (Å²) in [6, 6.07) is 89.0. The number of anilines is 6. The molecule has 7 nitrogen and oxygen atoms in total. The van der Waals surface area contributed by atoms with Crippen molar-refractivity contribution in [2.75, 3.05) is 9.80 Å². The minimum Gasteiger partial charge on any atom is -0.456 e. The van der Waals surface area contributed by atoms with E-state index in [9.17, 15) is 0 Å². The standard InChI is InChI=1S/C88H76N4O3/c1-85(2,3)53-39-54(86(4,5)6)42-63(41-53)91-75-29-21-19-27-65(75)67-35-31-59(45-77(67)91)89(57-23-15-13-16-24-57)61-33-37-69-71-49-73-74-50-72-70-38-34-62(48-80(70)94-82(72)52-84(74)95-83(73)51-81(71)93-79(69)47-61)90(58-25-17-14-18-26-58)60-32-36-68-66-28-20-22-30-76(66)92(78(68)46-60)64-43-55(87(7,8)9)40-56(44-64)88(10,11)12/h13-52H,1-12H3. The number of nitrogens with zero attached hydrogens (tertiary/aromatic N) is 4. The van der Waals surface area contributed by atoms with E-state index in [1.165, 1.54) is 66.2 Å². The summed E-state index contributed by atoms with van der Waals surface area (Å²) in [5, 5.41) is 11.0. The maximum atomic E-state index is 6.87. The monoisotopic (exact) mass is 1240 g/mol. The second-order valence-electron chi connectivity index (χ2n) is 30.3. The second kappa shape index (κ2) is 20.9. The first-order chi connectivity index (χ1) is 45.6. The number of furan rings is 3. The number of rotatable bonds is 8. The Hall–Kier alpha value is -10.8. The second-order valence-corrected chi connectivity index (χ2v) is 30.3. The maximum absolute atomic E-state index is 6.87. The number of benzene rings is 12. The minimum atomic E-state index is -0.0392. The predicted octanol–water partition coefficient (Wildman–Crippen LogP) is 25.7. The van der Waals surface area contributed by atoms with Crippen molar-refractivity contribution in [2.45, 2.75) is 105 Å². The maximum Gasteiger partial charge on any atom is 0.139 e. The molecule has 5 heterocycles. The van der Waals surface area contributed by atoms with Crippen LogP contribution in [0.5, 0.6) is 0 Å². The highest BCUT2D eigenvalue weighted by Gasteiger charge is 2.28. The third-order valence-electron chi connectivity index (χ3n) is 19.8. The summed E-state index contributed by atoms with van der Waals surface area (Å²) in [5.74, 6) is 0. The lowest BCUT2D eigenvalue weighted by atomic mass is 9.80. The SMILES string of the molecule is CC(C)(C)c1cc(-n2c3ccccc3c3ccc(N(c4ccccc4)c4ccc5c(c4)oc4cc6oc7cc8oc9cc(N(c%10ccccc%10)c%10ccc%11c%12ccccc%12n(-c%12cc(C(C)(C)C)cc(C(C)(C)C)c%12)c%11c%10)ccc9c8cc7c6cc45)cc32)cc(C(C)(C)C)c1. The molecule has 0 saturated heterocycles. The van der Waals surface area contributed by atoms with Gasteiger partial charge in [0.25, 0.3) is 0 Å². The minimum absolute atomic E-state index is 0.0392. The molecule has 0 unspecified atom stereocenters. The summed E-state index contributed by atoms with van der Waals surface area (Å²) in [6.07, 6.45) is 0. The molecule has 0 aliphatic rings. The molecule has 0 fully saturated rings. The van der Waals surface area contributed by atoms with E-state index in [1.807, 2.05) is 0 Å². The molecule has 466 valence electrons.